The van der Waals surface area contributed by atoms with Crippen LogP contribution in [0.4, 0.5) is 0 Å². The topological polar surface area (TPSA) is 43.4 Å². The summed E-state index contributed by atoms with van der Waals surface area (Å²) in [7, 11) is 0. The molecule has 1 saturated carbocycles. The minimum Gasteiger partial charge on any atom is -0.454 e. The molecule has 0 aromatic carbocycles. The van der Waals surface area contributed by atoms with Crippen LogP contribution in [0.5, 0.6) is 0 Å². The maximum absolute atomic E-state index is 13.2. The fourth-order valence-electron chi connectivity index (χ4n) is 4.76. The van der Waals surface area contributed by atoms with Gasteiger partial charge in [-0.3, -0.25) is 9.59 Å². The number of hydrogen-bond acceptors (Lipinski definition) is 3. The van der Waals surface area contributed by atoms with E-state index >= 15 is 0 Å². The van der Waals surface area contributed by atoms with Crippen molar-refractivity contribution < 1.29 is 14.3 Å². The van der Waals surface area contributed by atoms with Crippen LogP contribution >= 0.6 is 0 Å². The number of rotatable bonds is 3. The highest BCUT2D eigenvalue weighted by Gasteiger charge is 2.62. The zero-order valence-electron chi connectivity index (χ0n) is 14.4. The molecule has 2 aliphatic carbocycles. The van der Waals surface area contributed by atoms with Crippen molar-refractivity contribution in [2.45, 2.75) is 60.0 Å². The molecular weight excluding hydrogens is 276 g/mol. The Morgan fingerprint density at radius 3 is 2.68 bits per heavy atom. The molecule has 1 fully saturated rings. The Labute approximate surface area is 133 Å². The van der Waals surface area contributed by atoms with Crippen LogP contribution in [0, 0.1) is 22.7 Å². The predicted molar refractivity (Wildman–Crippen MR) is 87.2 cm³/mol. The first-order chi connectivity index (χ1) is 10.2. The molecule has 3 heteroatoms. The molecular formula is C19H28O3. The summed E-state index contributed by atoms with van der Waals surface area (Å²) in [5.41, 5.74) is 0.482. The fraction of sp³-hybridized carbons (Fsp3) is 0.684. The molecule has 22 heavy (non-hydrogen) atoms. The number of hydrogen-bond donors (Lipinski definition) is 0. The molecule has 2 rings (SSSR count). The van der Waals surface area contributed by atoms with Gasteiger partial charge in [-0.15, -0.1) is 6.58 Å². The van der Waals surface area contributed by atoms with E-state index in [0.717, 1.165) is 24.8 Å². The Hall–Kier alpha value is -1.38. The minimum atomic E-state index is -0.662. The van der Waals surface area contributed by atoms with Crippen LogP contribution in [-0.2, 0) is 14.3 Å². The second-order valence-corrected chi connectivity index (χ2v) is 7.40. The average molecular weight is 304 g/mol. The van der Waals surface area contributed by atoms with E-state index in [1.807, 2.05) is 26.8 Å². The molecule has 0 unspecified atom stereocenters. The lowest BCUT2D eigenvalue weighted by Gasteiger charge is -2.58. The van der Waals surface area contributed by atoms with Gasteiger partial charge in [0.1, 0.15) is 0 Å². The summed E-state index contributed by atoms with van der Waals surface area (Å²) in [4.78, 5) is 24.7. The SMILES string of the molecule is C=CC[C@@]1(C)[C@@H]2CCC=C(C)[C@@]2(C)C(=O)[C@@H](OC(C)=O)[C@@H]1C. The van der Waals surface area contributed by atoms with Crippen LogP contribution in [0.25, 0.3) is 0 Å². The van der Waals surface area contributed by atoms with Crippen molar-refractivity contribution in [1.29, 1.82) is 0 Å². The summed E-state index contributed by atoms with van der Waals surface area (Å²) < 4.78 is 5.47. The van der Waals surface area contributed by atoms with Crippen LogP contribution in [-0.4, -0.2) is 17.9 Å². The zero-order valence-corrected chi connectivity index (χ0v) is 14.4. The molecule has 3 nitrogen and oxygen atoms in total. The lowest BCUT2D eigenvalue weighted by Crippen LogP contribution is -2.61. The van der Waals surface area contributed by atoms with Crippen molar-refractivity contribution in [2.75, 3.05) is 0 Å². The Kier molecular flexibility index (Phi) is 4.38. The van der Waals surface area contributed by atoms with Crippen LogP contribution in [0.2, 0.25) is 0 Å². The van der Waals surface area contributed by atoms with E-state index in [1.165, 1.54) is 6.92 Å². The largest absolute Gasteiger partial charge is 0.454 e. The van der Waals surface area contributed by atoms with Crippen molar-refractivity contribution in [3.05, 3.63) is 24.3 Å². The standard InChI is InChI=1S/C19H28O3/c1-7-11-18(5)13(3)16(22-14(4)20)17(21)19(6)12(2)9-8-10-15(18)19/h7,9,13,15-16H,1,8,10-11H2,2-6H3/t13-,15-,16-,18+,19+/m0/s1. The first-order valence-corrected chi connectivity index (χ1v) is 8.19. The van der Waals surface area contributed by atoms with Crippen LogP contribution in [0.15, 0.2) is 24.3 Å². The molecule has 0 bridgehead atoms. The Morgan fingerprint density at radius 2 is 2.14 bits per heavy atom. The number of esters is 1. The van der Waals surface area contributed by atoms with E-state index in [1.54, 1.807) is 0 Å². The smallest absolute Gasteiger partial charge is 0.303 e. The second kappa shape index (κ2) is 5.68. The lowest BCUT2D eigenvalue weighted by atomic mass is 9.46. The minimum absolute atomic E-state index is 0.00845. The maximum Gasteiger partial charge on any atom is 0.303 e. The van der Waals surface area contributed by atoms with Gasteiger partial charge in [0, 0.05) is 12.8 Å². The molecule has 5 atom stereocenters. The molecule has 122 valence electrons. The van der Waals surface area contributed by atoms with E-state index in [0.29, 0.717) is 0 Å². The predicted octanol–water partition coefficient (Wildman–Crippen LogP) is 4.08. The molecule has 0 heterocycles. The number of carbonyl (C=O) groups is 2. The van der Waals surface area contributed by atoms with Gasteiger partial charge in [0.05, 0.1) is 5.41 Å². The molecule has 0 amide bonds. The first kappa shape index (κ1) is 17.0. The summed E-state index contributed by atoms with van der Waals surface area (Å²) in [6.07, 6.45) is 6.28. The number of ether oxygens (including phenoxy) is 1. The average Bonchev–Trinajstić information content (AvgIpc) is 2.44. The number of carbonyl (C=O) groups excluding carboxylic acids is 2. The van der Waals surface area contributed by atoms with Crippen molar-refractivity contribution in [3.8, 4) is 0 Å². The quantitative estimate of drug-likeness (QED) is 0.583. The van der Waals surface area contributed by atoms with Crippen molar-refractivity contribution >= 4 is 11.8 Å². The highest BCUT2D eigenvalue weighted by atomic mass is 16.5. The normalized spacial score (nSPS) is 41.4. The van der Waals surface area contributed by atoms with Crippen LogP contribution in [0.1, 0.15) is 53.9 Å². The molecule has 0 N–H and O–H groups in total. The van der Waals surface area contributed by atoms with Crippen molar-refractivity contribution in [2.24, 2.45) is 22.7 Å². The number of fused-ring (bicyclic) bond motifs is 1. The second-order valence-electron chi connectivity index (χ2n) is 7.40. The third-order valence-corrected chi connectivity index (χ3v) is 6.36. The molecule has 2 aliphatic rings. The van der Waals surface area contributed by atoms with Gasteiger partial charge in [0.25, 0.3) is 0 Å². The number of Topliss-reactive ketones (excluding diaryl/α,β-unsaturated/α-hetero) is 1. The van der Waals surface area contributed by atoms with E-state index in [9.17, 15) is 9.59 Å². The van der Waals surface area contributed by atoms with Gasteiger partial charge in [-0.2, -0.15) is 0 Å². The Balaban J connectivity index is 2.58. The molecule has 0 aromatic rings. The molecule has 0 radical (unpaired) electrons. The first-order valence-electron chi connectivity index (χ1n) is 8.19. The Morgan fingerprint density at radius 1 is 1.50 bits per heavy atom. The molecule has 0 saturated heterocycles. The van der Waals surface area contributed by atoms with Gasteiger partial charge in [-0.25, -0.2) is 0 Å². The van der Waals surface area contributed by atoms with Gasteiger partial charge >= 0.3 is 5.97 Å². The molecule has 0 aliphatic heterocycles. The summed E-state index contributed by atoms with van der Waals surface area (Å²) >= 11 is 0. The van der Waals surface area contributed by atoms with Crippen LogP contribution < -0.4 is 0 Å². The van der Waals surface area contributed by atoms with Gasteiger partial charge in [0.2, 0.25) is 0 Å². The van der Waals surface area contributed by atoms with Gasteiger partial charge < -0.3 is 4.74 Å². The van der Waals surface area contributed by atoms with E-state index in [4.69, 9.17) is 4.74 Å². The number of ketones is 1. The summed E-state index contributed by atoms with van der Waals surface area (Å²) in [6, 6.07) is 0. The molecule has 0 spiro atoms. The summed E-state index contributed by atoms with van der Waals surface area (Å²) in [6.45, 7) is 13.6. The van der Waals surface area contributed by atoms with E-state index in [2.05, 4.69) is 19.6 Å². The monoisotopic (exact) mass is 304 g/mol. The van der Waals surface area contributed by atoms with E-state index in [-0.39, 0.29) is 29.0 Å². The highest BCUT2D eigenvalue weighted by molar-refractivity contribution is 5.94. The lowest BCUT2D eigenvalue weighted by molar-refractivity contribution is -0.179. The van der Waals surface area contributed by atoms with Gasteiger partial charge in [-0.05, 0) is 44.4 Å². The van der Waals surface area contributed by atoms with Gasteiger partial charge in [-0.1, -0.05) is 31.6 Å². The Bertz CT molecular complexity index is 533. The van der Waals surface area contributed by atoms with Crippen molar-refractivity contribution in [3.63, 3.8) is 0 Å². The summed E-state index contributed by atoms with van der Waals surface area (Å²) in [5.74, 6) is -0.0657. The molecule has 0 aromatic heterocycles. The maximum atomic E-state index is 13.2. The number of allylic oxidation sites excluding steroid dienone is 3. The van der Waals surface area contributed by atoms with Gasteiger partial charge in [0.15, 0.2) is 11.9 Å². The highest BCUT2D eigenvalue weighted by Crippen LogP contribution is 2.60. The summed E-state index contributed by atoms with van der Waals surface area (Å²) in [5, 5.41) is 0. The third-order valence-electron chi connectivity index (χ3n) is 6.36. The fourth-order valence-corrected chi connectivity index (χ4v) is 4.76. The third kappa shape index (κ3) is 2.26. The van der Waals surface area contributed by atoms with Crippen LogP contribution in [0.3, 0.4) is 0 Å². The van der Waals surface area contributed by atoms with Crippen molar-refractivity contribution in [1.82, 2.24) is 0 Å². The van der Waals surface area contributed by atoms with E-state index < -0.39 is 11.5 Å². The zero-order chi connectivity index (χ0) is 16.7.